The summed E-state index contributed by atoms with van der Waals surface area (Å²) >= 11 is 0. The molecule has 7 heteroatoms. The van der Waals surface area contributed by atoms with E-state index in [0.717, 1.165) is 45.3 Å². The first-order valence-electron chi connectivity index (χ1n) is 8.23. The number of hydrogen-bond donors (Lipinski definition) is 0. The van der Waals surface area contributed by atoms with E-state index in [9.17, 15) is 13.2 Å². The van der Waals surface area contributed by atoms with E-state index < -0.39 is 10.0 Å². The van der Waals surface area contributed by atoms with Crippen LogP contribution in [-0.4, -0.2) is 68.7 Å². The summed E-state index contributed by atoms with van der Waals surface area (Å²) in [6.07, 6.45) is 6.79. The van der Waals surface area contributed by atoms with Crippen LogP contribution in [0.25, 0.3) is 0 Å². The van der Waals surface area contributed by atoms with Gasteiger partial charge in [0, 0.05) is 39.2 Å². The number of piperidine rings is 2. The maximum atomic E-state index is 12.2. The Hall–Kier alpha value is -0.660. The maximum absolute atomic E-state index is 12.2. The lowest BCUT2D eigenvalue weighted by Crippen LogP contribution is -2.53. The fourth-order valence-corrected chi connectivity index (χ4v) is 4.85. The van der Waals surface area contributed by atoms with Crippen LogP contribution in [0.5, 0.6) is 0 Å². The lowest BCUT2D eigenvalue weighted by atomic mass is 9.72. The Morgan fingerprint density at radius 1 is 1.27 bits per heavy atom. The number of amides is 1. The molecule has 0 bridgehead atoms. The van der Waals surface area contributed by atoms with Gasteiger partial charge in [0.25, 0.3) is 0 Å². The first-order valence-corrected chi connectivity index (χ1v) is 10.1. The molecular formula is C15H26N2O4S. The fourth-order valence-electron chi connectivity index (χ4n) is 4.00. The molecule has 0 radical (unpaired) electrons. The minimum atomic E-state index is -3.09. The largest absolute Gasteiger partial charge is 0.376 e. The Morgan fingerprint density at radius 2 is 2.00 bits per heavy atom. The molecule has 22 heavy (non-hydrogen) atoms. The molecule has 0 aliphatic carbocycles. The summed E-state index contributed by atoms with van der Waals surface area (Å²) in [5, 5.41) is 0. The Balaban J connectivity index is 1.61. The third kappa shape index (κ3) is 3.46. The third-order valence-electron chi connectivity index (χ3n) is 5.45. The molecule has 0 aromatic heterocycles. The monoisotopic (exact) mass is 330 g/mol. The number of nitrogens with zero attached hydrogens (tertiary/aromatic N) is 2. The Bertz CT molecular complexity index is 520. The van der Waals surface area contributed by atoms with E-state index in [2.05, 4.69) is 0 Å². The average molecular weight is 330 g/mol. The molecule has 3 fully saturated rings. The van der Waals surface area contributed by atoms with Gasteiger partial charge in [-0.1, -0.05) is 0 Å². The summed E-state index contributed by atoms with van der Waals surface area (Å²) < 4.78 is 30.5. The van der Waals surface area contributed by atoms with Crippen LogP contribution in [0, 0.1) is 5.41 Å². The Kier molecular flexibility index (Phi) is 4.49. The van der Waals surface area contributed by atoms with Crippen LogP contribution >= 0.6 is 0 Å². The van der Waals surface area contributed by atoms with Crippen LogP contribution in [-0.2, 0) is 19.6 Å². The van der Waals surface area contributed by atoms with Gasteiger partial charge in [-0.25, -0.2) is 12.7 Å². The van der Waals surface area contributed by atoms with Crippen LogP contribution in [0.4, 0.5) is 0 Å². The molecular weight excluding hydrogens is 304 g/mol. The molecule has 126 valence electrons. The SMILES string of the molecule is CS(=O)(=O)N1CCC2(CCC(=O)N(CC3CCCO3)C2)CC1. The number of carbonyl (C=O) groups is 1. The smallest absolute Gasteiger partial charge is 0.222 e. The van der Waals surface area contributed by atoms with Crippen molar-refractivity contribution in [3.05, 3.63) is 0 Å². The second kappa shape index (κ2) is 6.09. The standard InChI is InChI=1S/C15H26N2O4S/c1-22(19,20)17-8-6-15(7-9-17)5-4-14(18)16(12-15)11-13-3-2-10-21-13/h13H,2-12H2,1H3. The van der Waals surface area contributed by atoms with Gasteiger partial charge in [-0.3, -0.25) is 4.79 Å². The van der Waals surface area contributed by atoms with Crippen LogP contribution in [0.3, 0.4) is 0 Å². The summed E-state index contributed by atoms with van der Waals surface area (Å²) in [5.41, 5.74) is 0.105. The second-order valence-electron chi connectivity index (χ2n) is 7.07. The highest BCUT2D eigenvalue weighted by atomic mass is 32.2. The molecule has 1 spiro atoms. The van der Waals surface area contributed by atoms with Crippen molar-refractivity contribution in [2.45, 2.75) is 44.6 Å². The van der Waals surface area contributed by atoms with Gasteiger partial charge in [-0.15, -0.1) is 0 Å². The van der Waals surface area contributed by atoms with Crippen molar-refractivity contribution >= 4 is 15.9 Å². The average Bonchev–Trinajstić information content (AvgIpc) is 2.96. The Labute approximate surface area is 132 Å². The summed E-state index contributed by atoms with van der Waals surface area (Å²) in [6.45, 7) is 3.45. The topological polar surface area (TPSA) is 66.9 Å². The summed E-state index contributed by atoms with van der Waals surface area (Å²) in [6, 6.07) is 0. The zero-order valence-electron chi connectivity index (χ0n) is 13.3. The van der Waals surface area contributed by atoms with Gasteiger partial charge in [0.1, 0.15) is 0 Å². The van der Waals surface area contributed by atoms with Crippen molar-refractivity contribution in [1.29, 1.82) is 0 Å². The van der Waals surface area contributed by atoms with Crippen molar-refractivity contribution in [2.24, 2.45) is 5.41 Å². The molecule has 1 unspecified atom stereocenters. The number of likely N-dealkylation sites (tertiary alicyclic amines) is 1. The predicted molar refractivity (Wildman–Crippen MR) is 82.9 cm³/mol. The lowest BCUT2D eigenvalue weighted by molar-refractivity contribution is -0.140. The van der Waals surface area contributed by atoms with Gasteiger partial charge < -0.3 is 9.64 Å². The van der Waals surface area contributed by atoms with Gasteiger partial charge in [-0.05, 0) is 37.5 Å². The van der Waals surface area contributed by atoms with Gasteiger partial charge in [-0.2, -0.15) is 0 Å². The quantitative estimate of drug-likeness (QED) is 0.769. The fraction of sp³-hybridized carbons (Fsp3) is 0.933. The molecule has 1 atom stereocenters. The second-order valence-corrected chi connectivity index (χ2v) is 9.05. The molecule has 6 nitrogen and oxygen atoms in total. The summed E-state index contributed by atoms with van der Waals surface area (Å²) in [5.74, 6) is 0.228. The number of rotatable bonds is 3. The van der Waals surface area contributed by atoms with Crippen molar-refractivity contribution < 1.29 is 17.9 Å². The van der Waals surface area contributed by atoms with E-state index >= 15 is 0 Å². The maximum Gasteiger partial charge on any atom is 0.222 e. The van der Waals surface area contributed by atoms with E-state index in [1.54, 1.807) is 4.31 Å². The minimum absolute atomic E-state index is 0.105. The highest BCUT2D eigenvalue weighted by Gasteiger charge is 2.42. The van der Waals surface area contributed by atoms with Crippen molar-refractivity contribution in [3.63, 3.8) is 0 Å². The van der Waals surface area contributed by atoms with E-state index in [1.165, 1.54) is 6.26 Å². The van der Waals surface area contributed by atoms with Crippen LogP contribution < -0.4 is 0 Å². The summed E-state index contributed by atoms with van der Waals surface area (Å²) in [7, 11) is -3.09. The number of ether oxygens (including phenoxy) is 1. The number of sulfonamides is 1. The zero-order chi connectivity index (χ0) is 15.8. The number of carbonyl (C=O) groups excluding carboxylic acids is 1. The highest BCUT2D eigenvalue weighted by Crippen LogP contribution is 2.40. The van der Waals surface area contributed by atoms with Crippen molar-refractivity contribution in [1.82, 2.24) is 9.21 Å². The van der Waals surface area contributed by atoms with Gasteiger partial charge in [0.05, 0.1) is 12.4 Å². The highest BCUT2D eigenvalue weighted by molar-refractivity contribution is 7.88. The molecule has 0 N–H and O–H groups in total. The molecule has 0 aromatic rings. The third-order valence-corrected chi connectivity index (χ3v) is 6.75. The van der Waals surface area contributed by atoms with Crippen LogP contribution in [0.15, 0.2) is 0 Å². The van der Waals surface area contributed by atoms with Crippen molar-refractivity contribution in [3.8, 4) is 0 Å². The minimum Gasteiger partial charge on any atom is -0.376 e. The van der Waals surface area contributed by atoms with Gasteiger partial charge >= 0.3 is 0 Å². The molecule has 0 aromatic carbocycles. The van der Waals surface area contributed by atoms with E-state index in [0.29, 0.717) is 26.1 Å². The van der Waals surface area contributed by atoms with E-state index in [-0.39, 0.29) is 17.4 Å². The molecule has 0 saturated carbocycles. The lowest BCUT2D eigenvalue weighted by Gasteiger charge is -2.47. The van der Waals surface area contributed by atoms with Gasteiger partial charge in [0.2, 0.25) is 15.9 Å². The predicted octanol–water partition coefficient (Wildman–Crippen LogP) is 0.830. The van der Waals surface area contributed by atoms with E-state index in [1.807, 2.05) is 4.90 Å². The molecule has 3 aliphatic heterocycles. The molecule has 3 aliphatic rings. The first kappa shape index (κ1) is 16.2. The first-order chi connectivity index (χ1) is 10.4. The molecule has 3 heterocycles. The Morgan fingerprint density at radius 3 is 2.59 bits per heavy atom. The normalized spacial score (nSPS) is 30.1. The van der Waals surface area contributed by atoms with Crippen LogP contribution in [0.2, 0.25) is 0 Å². The molecule has 3 rings (SSSR count). The van der Waals surface area contributed by atoms with Crippen LogP contribution in [0.1, 0.15) is 38.5 Å². The van der Waals surface area contributed by atoms with Gasteiger partial charge in [0.15, 0.2) is 0 Å². The summed E-state index contributed by atoms with van der Waals surface area (Å²) in [4.78, 5) is 14.2. The van der Waals surface area contributed by atoms with Crippen molar-refractivity contribution in [2.75, 3.05) is 39.0 Å². The molecule has 1 amide bonds. The zero-order valence-corrected chi connectivity index (χ0v) is 14.1. The molecule has 3 saturated heterocycles. The van der Waals surface area contributed by atoms with E-state index in [4.69, 9.17) is 4.74 Å². The number of hydrogen-bond acceptors (Lipinski definition) is 4.